The molecule has 0 radical (unpaired) electrons. The number of carbonyl (C=O) groups is 1. The molecule has 34 heavy (non-hydrogen) atoms. The maximum Gasteiger partial charge on any atom is 0.323 e. The molecule has 2 fully saturated rings. The maximum atomic E-state index is 13.8. The molecule has 178 valence electrons. The fourth-order valence-electron chi connectivity index (χ4n) is 6.37. The van der Waals surface area contributed by atoms with Crippen molar-refractivity contribution in [3.8, 4) is 0 Å². The molecular weight excluding hydrogens is 433 g/mol. The van der Waals surface area contributed by atoms with Gasteiger partial charge >= 0.3 is 5.97 Å². The van der Waals surface area contributed by atoms with Crippen molar-refractivity contribution in [1.29, 1.82) is 0 Å². The van der Waals surface area contributed by atoms with Crippen LogP contribution in [0.25, 0.3) is 10.9 Å². The molecule has 2 saturated heterocycles. The Bertz CT molecular complexity index is 1190. The standard InChI is InChI=1S/C27H30FN3O3/c1-33-27(32)25-16-21-20-4-2-3-5-22(20)29-26(21)24-15-19(30-10-12-34-13-11-30)14-23(31(24)25)17-6-8-18(28)9-7-17/h2-9,19,23-25,29H,10-16H2,1H3. The van der Waals surface area contributed by atoms with E-state index in [1.807, 2.05) is 18.2 Å². The van der Waals surface area contributed by atoms with Gasteiger partial charge in [0.2, 0.25) is 0 Å². The minimum absolute atomic E-state index is 0.0177. The molecule has 3 aliphatic heterocycles. The van der Waals surface area contributed by atoms with Crippen LogP contribution in [0.15, 0.2) is 48.5 Å². The van der Waals surface area contributed by atoms with E-state index in [2.05, 4.69) is 33.0 Å². The lowest BCUT2D eigenvalue weighted by atomic mass is 9.79. The fourth-order valence-corrected chi connectivity index (χ4v) is 6.37. The Morgan fingerprint density at radius 3 is 2.56 bits per heavy atom. The number of piperidine rings is 1. The Morgan fingerprint density at radius 1 is 1.06 bits per heavy atom. The van der Waals surface area contributed by atoms with Crippen molar-refractivity contribution < 1.29 is 18.7 Å². The van der Waals surface area contributed by atoms with E-state index in [1.54, 1.807) is 0 Å². The minimum Gasteiger partial charge on any atom is -0.468 e. The Balaban J connectivity index is 1.49. The summed E-state index contributed by atoms with van der Waals surface area (Å²) < 4.78 is 24.7. The smallest absolute Gasteiger partial charge is 0.323 e. The number of hydrogen-bond acceptors (Lipinski definition) is 5. The average Bonchev–Trinajstić information content (AvgIpc) is 3.27. The number of carbonyl (C=O) groups excluding carboxylic acids is 1. The summed E-state index contributed by atoms with van der Waals surface area (Å²) in [6.07, 6.45) is 2.40. The molecule has 2 aromatic carbocycles. The number of ether oxygens (including phenoxy) is 2. The summed E-state index contributed by atoms with van der Waals surface area (Å²) in [6.45, 7) is 3.31. The third-order valence-corrected chi connectivity index (χ3v) is 7.94. The molecule has 4 atom stereocenters. The minimum atomic E-state index is -0.387. The van der Waals surface area contributed by atoms with Crippen molar-refractivity contribution in [2.45, 2.75) is 43.4 Å². The van der Waals surface area contributed by atoms with Gasteiger partial charge in [-0.05, 0) is 42.2 Å². The number of morpholine rings is 1. The van der Waals surface area contributed by atoms with Crippen LogP contribution in [0, 0.1) is 5.82 Å². The van der Waals surface area contributed by atoms with E-state index >= 15 is 0 Å². The first-order valence-electron chi connectivity index (χ1n) is 12.2. The molecule has 1 aromatic heterocycles. The predicted molar refractivity (Wildman–Crippen MR) is 127 cm³/mol. The van der Waals surface area contributed by atoms with E-state index in [4.69, 9.17) is 9.47 Å². The van der Waals surface area contributed by atoms with E-state index in [9.17, 15) is 9.18 Å². The number of nitrogens with zero attached hydrogens (tertiary/aromatic N) is 2. The number of halogens is 1. The van der Waals surface area contributed by atoms with Crippen LogP contribution < -0.4 is 0 Å². The van der Waals surface area contributed by atoms with Crippen molar-refractivity contribution in [1.82, 2.24) is 14.8 Å². The molecule has 0 aliphatic carbocycles. The summed E-state index contributed by atoms with van der Waals surface area (Å²) in [5.74, 6) is -0.459. The van der Waals surface area contributed by atoms with Crippen molar-refractivity contribution in [3.05, 3.63) is 71.2 Å². The summed E-state index contributed by atoms with van der Waals surface area (Å²) in [5, 5.41) is 1.18. The third kappa shape index (κ3) is 3.63. The van der Waals surface area contributed by atoms with Crippen molar-refractivity contribution in [2.75, 3.05) is 33.4 Å². The molecule has 0 spiro atoms. The van der Waals surface area contributed by atoms with Gasteiger partial charge in [-0.1, -0.05) is 30.3 Å². The first-order valence-corrected chi connectivity index (χ1v) is 12.2. The molecule has 0 saturated carbocycles. The van der Waals surface area contributed by atoms with Crippen LogP contribution in [-0.2, 0) is 20.7 Å². The molecule has 7 heteroatoms. The second kappa shape index (κ2) is 8.80. The van der Waals surface area contributed by atoms with Crippen LogP contribution in [0.4, 0.5) is 4.39 Å². The Morgan fingerprint density at radius 2 is 1.79 bits per heavy atom. The monoisotopic (exact) mass is 463 g/mol. The lowest BCUT2D eigenvalue weighted by Gasteiger charge is -2.52. The van der Waals surface area contributed by atoms with Crippen LogP contribution >= 0.6 is 0 Å². The predicted octanol–water partition coefficient (Wildman–Crippen LogP) is 3.98. The lowest BCUT2D eigenvalue weighted by molar-refractivity contribution is -0.153. The highest BCUT2D eigenvalue weighted by molar-refractivity contribution is 5.87. The quantitative estimate of drug-likeness (QED) is 0.596. The van der Waals surface area contributed by atoms with Gasteiger partial charge in [-0.2, -0.15) is 0 Å². The lowest BCUT2D eigenvalue weighted by Crippen LogP contribution is -2.57. The van der Waals surface area contributed by atoms with Gasteiger partial charge in [-0.3, -0.25) is 14.6 Å². The van der Waals surface area contributed by atoms with Gasteiger partial charge < -0.3 is 14.5 Å². The van der Waals surface area contributed by atoms with Crippen LogP contribution in [0.1, 0.15) is 41.7 Å². The molecule has 6 rings (SSSR count). The number of nitrogens with one attached hydrogen (secondary N) is 1. The molecule has 6 nitrogen and oxygen atoms in total. The Hall–Kier alpha value is -2.74. The summed E-state index contributed by atoms with van der Waals surface area (Å²) in [6, 6.07) is 15.1. The van der Waals surface area contributed by atoms with Gasteiger partial charge in [0.05, 0.1) is 26.4 Å². The SMILES string of the molecule is COC(=O)C1Cc2c([nH]c3ccccc23)C2CC(N3CCOCC3)CC(c3ccc(F)cc3)N12. The van der Waals surface area contributed by atoms with Crippen molar-refractivity contribution in [3.63, 3.8) is 0 Å². The van der Waals surface area contributed by atoms with E-state index in [0.717, 1.165) is 50.2 Å². The zero-order valence-electron chi connectivity index (χ0n) is 19.4. The highest BCUT2D eigenvalue weighted by Gasteiger charge is 2.49. The number of methoxy groups -OCH3 is 1. The van der Waals surface area contributed by atoms with E-state index in [0.29, 0.717) is 12.5 Å². The summed E-state index contributed by atoms with van der Waals surface area (Å²) in [5.41, 5.74) is 4.56. The molecule has 0 amide bonds. The van der Waals surface area contributed by atoms with Gasteiger partial charge in [0.1, 0.15) is 11.9 Å². The average molecular weight is 464 g/mol. The van der Waals surface area contributed by atoms with Crippen LogP contribution in [0.2, 0.25) is 0 Å². The zero-order chi connectivity index (χ0) is 23.2. The van der Waals surface area contributed by atoms with Crippen molar-refractivity contribution in [2.24, 2.45) is 0 Å². The topological polar surface area (TPSA) is 57.8 Å². The van der Waals surface area contributed by atoms with Gasteiger partial charge in [0.25, 0.3) is 0 Å². The van der Waals surface area contributed by atoms with Crippen LogP contribution in [-0.4, -0.2) is 66.2 Å². The Labute approximate surface area is 198 Å². The number of aromatic amines is 1. The number of fused-ring (bicyclic) bond motifs is 5. The largest absolute Gasteiger partial charge is 0.468 e. The fraction of sp³-hybridized carbons (Fsp3) is 0.444. The number of benzene rings is 2. The molecule has 0 bridgehead atoms. The van der Waals surface area contributed by atoms with Crippen LogP contribution in [0.5, 0.6) is 0 Å². The number of esters is 1. The van der Waals surface area contributed by atoms with E-state index in [-0.39, 0.29) is 29.9 Å². The molecule has 4 unspecified atom stereocenters. The first-order chi connectivity index (χ1) is 16.6. The molecule has 4 heterocycles. The van der Waals surface area contributed by atoms with E-state index < -0.39 is 0 Å². The van der Waals surface area contributed by atoms with Gasteiger partial charge in [-0.15, -0.1) is 0 Å². The van der Waals surface area contributed by atoms with Gasteiger partial charge in [-0.25, -0.2) is 4.39 Å². The summed E-state index contributed by atoms with van der Waals surface area (Å²) in [7, 11) is 1.47. The number of hydrogen-bond donors (Lipinski definition) is 1. The maximum absolute atomic E-state index is 13.8. The highest BCUT2D eigenvalue weighted by Crippen LogP contribution is 2.49. The number of H-pyrrole nitrogens is 1. The van der Waals surface area contributed by atoms with E-state index in [1.165, 1.54) is 35.9 Å². The normalized spacial score (nSPS) is 27.8. The molecular formula is C27H30FN3O3. The first kappa shape index (κ1) is 21.8. The Kier molecular flexibility index (Phi) is 5.63. The van der Waals surface area contributed by atoms with Crippen LogP contribution in [0.3, 0.4) is 0 Å². The summed E-state index contributed by atoms with van der Waals surface area (Å²) in [4.78, 5) is 21.7. The molecule has 3 aromatic rings. The van der Waals surface area contributed by atoms with Gasteiger partial charge in [0, 0.05) is 48.2 Å². The van der Waals surface area contributed by atoms with Crippen molar-refractivity contribution >= 4 is 16.9 Å². The second-order valence-corrected chi connectivity index (χ2v) is 9.61. The number of aromatic nitrogens is 1. The van der Waals surface area contributed by atoms with Gasteiger partial charge in [0.15, 0.2) is 0 Å². The number of rotatable bonds is 3. The molecule has 3 aliphatic rings. The molecule has 1 N–H and O–H groups in total. The number of para-hydroxylation sites is 1. The summed E-state index contributed by atoms with van der Waals surface area (Å²) >= 11 is 0. The highest BCUT2D eigenvalue weighted by atomic mass is 19.1. The third-order valence-electron chi connectivity index (χ3n) is 7.94. The zero-order valence-corrected chi connectivity index (χ0v) is 19.4. The second-order valence-electron chi connectivity index (χ2n) is 9.61.